The number of hydrogen-bond donors (Lipinski definition) is 1. The Morgan fingerprint density at radius 1 is 1.24 bits per heavy atom. The minimum atomic E-state index is 0. The van der Waals surface area contributed by atoms with E-state index in [4.69, 9.17) is 15.2 Å². The summed E-state index contributed by atoms with van der Waals surface area (Å²) in [6, 6.07) is 3.84. The van der Waals surface area contributed by atoms with Crippen LogP contribution in [-0.4, -0.2) is 38.6 Å². The quantitative estimate of drug-likeness (QED) is 0.837. The maximum atomic E-state index is 11.9. The van der Waals surface area contributed by atoms with E-state index < -0.39 is 0 Å². The van der Waals surface area contributed by atoms with Crippen molar-refractivity contribution in [1.82, 2.24) is 4.90 Å². The molecule has 0 saturated carbocycles. The molecule has 1 aromatic rings. The van der Waals surface area contributed by atoms with Gasteiger partial charge in [-0.25, -0.2) is 0 Å². The number of halogens is 1. The molecule has 0 heterocycles. The average molecular weight is 317 g/mol. The van der Waals surface area contributed by atoms with Gasteiger partial charge in [-0.3, -0.25) is 4.79 Å². The lowest BCUT2D eigenvalue weighted by Gasteiger charge is -2.20. The zero-order chi connectivity index (χ0) is 15.1. The highest BCUT2D eigenvalue weighted by Gasteiger charge is 2.13. The second kappa shape index (κ2) is 9.47. The molecule has 1 rings (SSSR count). The molecule has 0 aliphatic heterocycles. The SMILES string of the molecule is COc1cc(C)c(CN(C)C(=O)CCCN)cc1OC.Cl. The number of hydrogen-bond acceptors (Lipinski definition) is 4. The van der Waals surface area contributed by atoms with Crippen LogP contribution in [0, 0.1) is 6.92 Å². The summed E-state index contributed by atoms with van der Waals surface area (Å²) in [5.41, 5.74) is 7.54. The Morgan fingerprint density at radius 2 is 1.81 bits per heavy atom. The molecule has 21 heavy (non-hydrogen) atoms. The van der Waals surface area contributed by atoms with Gasteiger partial charge < -0.3 is 20.1 Å². The minimum absolute atomic E-state index is 0. The number of nitrogens with zero attached hydrogens (tertiary/aromatic N) is 1. The molecule has 0 fully saturated rings. The van der Waals surface area contributed by atoms with E-state index in [2.05, 4.69) is 0 Å². The lowest BCUT2D eigenvalue weighted by atomic mass is 10.1. The van der Waals surface area contributed by atoms with Crippen molar-refractivity contribution in [3.63, 3.8) is 0 Å². The van der Waals surface area contributed by atoms with Crippen molar-refractivity contribution >= 4 is 18.3 Å². The maximum Gasteiger partial charge on any atom is 0.222 e. The van der Waals surface area contributed by atoms with Gasteiger partial charge in [0.05, 0.1) is 14.2 Å². The van der Waals surface area contributed by atoms with Gasteiger partial charge >= 0.3 is 0 Å². The van der Waals surface area contributed by atoms with Crippen LogP contribution in [-0.2, 0) is 11.3 Å². The summed E-state index contributed by atoms with van der Waals surface area (Å²) in [4.78, 5) is 13.6. The summed E-state index contributed by atoms with van der Waals surface area (Å²) in [7, 11) is 5.02. The maximum absolute atomic E-state index is 11.9. The summed E-state index contributed by atoms with van der Waals surface area (Å²) < 4.78 is 10.6. The highest BCUT2D eigenvalue weighted by atomic mass is 35.5. The van der Waals surface area contributed by atoms with E-state index in [0.29, 0.717) is 37.4 Å². The minimum Gasteiger partial charge on any atom is -0.493 e. The van der Waals surface area contributed by atoms with Gasteiger partial charge in [0.2, 0.25) is 5.91 Å². The number of rotatable bonds is 7. The molecular weight excluding hydrogens is 292 g/mol. The molecular formula is C15H25ClN2O3. The van der Waals surface area contributed by atoms with Crippen LogP contribution in [0.15, 0.2) is 12.1 Å². The predicted octanol–water partition coefficient (Wildman–Crippen LogP) is 2.13. The van der Waals surface area contributed by atoms with E-state index in [1.165, 1.54) is 0 Å². The Kier molecular flexibility index (Phi) is 8.81. The number of aryl methyl sites for hydroxylation is 1. The summed E-state index contributed by atoms with van der Waals surface area (Å²) >= 11 is 0. The summed E-state index contributed by atoms with van der Waals surface area (Å²) in [5.74, 6) is 1.48. The van der Waals surface area contributed by atoms with Crippen molar-refractivity contribution in [2.45, 2.75) is 26.3 Å². The number of carbonyl (C=O) groups excluding carboxylic acids is 1. The first kappa shape index (κ1) is 19.5. The highest BCUT2D eigenvalue weighted by molar-refractivity contribution is 5.85. The Bertz CT molecular complexity index is 466. The van der Waals surface area contributed by atoms with Crippen molar-refractivity contribution < 1.29 is 14.3 Å². The first-order chi connectivity index (χ1) is 9.53. The molecule has 0 bridgehead atoms. The molecule has 0 radical (unpaired) electrons. The number of benzene rings is 1. The van der Waals surface area contributed by atoms with Gasteiger partial charge in [-0.15, -0.1) is 12.4 Å². The lowest BCUT2D eigenvalue weighted by Crippen LogP contribution is -2.26. The van der Waals surface area contributed by atoms with Crippen LogP contribution in [0.1, 0.15) is 24.0 Å². The lowest BCUT2D eigenvalue weighted by molar-refractivity contribution is -0.130. The number of carbonyl (C=O) groups is 1. The first-order valence-corrected chi connectivity index (χ1v) is 6.69. The van der Waals surface area contributed by atoms with Crippen LogP contribution >= 0.6 is 12.4 Å². The van der Waals surface area contributed by atoms with Gasteiger partial charge in [0.25, 0.3) is 0 Å². The molecule has 1 amide bonds. The first-order valence-electron chi connectivity index (χ1n) is 6.69. The Morgan fingerprint density at radius 3 is 2.33 bits per heavy atom. The summed E-state index contributed by atoms with van der Waals surface area (Å²) in [6.45, 7) is 3.08. The Hall–Kier alpha value is -1.46. The van der Waals surface area contributed by atoms with Crippen molar-refractivity contribution in [2.75, 3.05) is 27.8 Å². The van der Waals surface area contributed by atoms with Crippen molar-refractivity contribution in [3.05, 3.63) is 23.3 Å². The largest absolute Gasteiger partial charge is 0.493 e. The molecule has 120 valence electrons. The van der Waals surface area contributed by atoms with E-state index in [1.807, 2.05) is 19.1 Å². The summed E-state index contributed by atoms with van der Waals surface area (Å²) in [5, 5.41) is 0. The van der Waals surface area contributed by atoms with Crippen LogP contribution in [0.5, 0.6) is 11.5 Å². The number of nitrogens with two attached hydrogens (primary N) is 1. The molecule has 0 unspecified atom stereocenters. The van der Waals surface area contributed by atoms with Crippen LogP contribution < -0.4 is 15.2 Å². The molecule has 0 aliphatic rings. The average Bonchev–Trinajstić information content (AvgIpc) is 2.45. The van der Waals surface area contributed by atoms with Gasteiger partial charge in [-0.05, 0) is 43.1 Å². The number of amides is 1. The van der Waals surface area contributed by atoms with E-state index in [0.717, 1.165) is 11.1 Å². The van der Waals surface area contributed by atoms with E-state index in [1.54, 1.807) is 26.2 Å². The Balaban J connectivity index is 0.00000400. The van der Waals surface area contributed by atoms with Gasteiger partial charge in [-0.1, -0.05) is 0 Å². The van der Waals surface area contributed by atoms with Crippen LogP contribution in [0.25, 0.3) is 0 Å². The normalized spacial score (nSPS) is 9.76. The van der Waals surface area contributed by atoms with Gasteiger partial charge in [0.1, 0.15) is 0 Å². The van der Waals surface area contributed by atoms with E-state index in [-0.39, 0.29) is 18.3 Å². The number of methoxy groups -OCH3 is 2. The van der Waals surface area contributed by atoms with Crippen LogP contribution in [0.3, 0.4) is 0 Å². The smallest absolute Gasteiger partial charge is 0.222 e. The zero-order valence-corrected chi connectivity index (χ0v) is 14.0. The second-order valence-corrected chi connectivity index (χ2v) is 4.78. The van der Waals surface area contributed by atoms with Gasteiger partial charge in [-0.2, -0.15) is 0 Å². The van der Waals surface area contributed by atoms with Crippen molar-refractivity contribution in [1.29, 1.82) is 0 Å². The highest BCUT2D eigenvalue weighted by Crippen LogP contribution is 2.30. The second-order valence-electron chi connectivity index (χ2n) is 4.78. The third-order valence-electron chi connectivity index (χ3n) is 3.27. The van der Waals surface area contributed by atoms with Gasteiger partial charge in [0.15, 0.2) is 11.5 Å². The molecule has 5 nitrogen and oxygen atoms in total. The molecule has 0 aliphatic carbocycles. The summed E-state index contributed by atoms with van der Waals surface area (Å²) in [6.07, 6.45) is 1.20. The molecule has 2 N–H and O–H groups in total. The van der Waals surface area contributed by atoms with E-state index in [9.17, 15) is 4.79 Å². The monoisotopic (exact) mass is 316 g/mol. The molecule has 0 spiro atoms. The van der Waals surface area contributed by atoms with Crippen molar-refractivity contribution in [3.8, 4) is 11.5 Å². The standard InChI is InChI=1S/C15H24N2O3.ClH/c1-11-8-13(19-3)14(20-4)9-12(11)10-17(2)15(18)6-5-7-16;/h8-9H,5-7,10,16H2,1-4H3;1H. The van der Waals surface area contributed by atoms with E-state index >= 15 is 0 Å². The van der Waals surface area contributed by atoms with Crippen LogP contribution in [0.2, 0.25) is 0 Å². The molecule has 0 saturated heterocycles. The fourth-order valence-electron chi connectivity index (χ4n) is 1.98. The molecule has 1 aromatic carbocycles. The topological polar surface area (TPSA) is 64.8 Å². The molecule has 0 aromatic heterocycles. The molecule has 6 heteroatoms. The van der Waals surface area contributed by atoms with Crippen molar-refractivity contribution in [2.24, 2.45) is 5.73 Å². The van der Waals surface area contributed by atoms with Crippen LogP contribution in [0.4, 0.5) is 0 Å². The third-order valence-corrected chi connectivity index (χ3v) is 3.27. The zero-order valence-electron chi connectivity index (χ0n) is 13.1. The number of ether oxygens (including phenoxy) is 2. The fourth-order valence-corrected chi connectivity index (χ4v) is 1.98. The Labute approximate surface area is 132 Å². The fraction of sp³-hybridized carbons (Fsp3) is 0.533. The predicted molar refractivity (Wildman–Crippen MR) is 86.3 cm³/mol. The third kappa shape index (κ3) is 5.44. The molecule has 0 atom stereocenters. The van der Waals surface area contributed by atoms with Gasteiger partial charge in [0, 0.05) is 20.0 Å².